The van der Waals surface area contributed by atoms with Crippen molar-refractivity contribution in [3.63, 3.8) is 0 Å². The first-order valence-electron chi connectivity index (χ1n) is 5.26. The van der Waals surface area contributed by atoms with Crippen LogP contribution in [0, 0.1) is 23.1 Å². The summed E-state index contributed by atoms with van der Waals surface area (Å²) in [6, 6.07) is 6.04. The second-order valence-electron chi connectivity index (χ2n) is 3.81. The normalized spacial score (nSPS) is 22.5. The van der Waals surface area contributed by atoms with Crippen LogP contribution in [-0.2, 0) is 0 Å². The lowest BCUT2D eigenvalue weighted by molar-refractivity contribution is 0.0923. The first-order chi connectivity index (χ1) is 8.63. The molecule has 1 saturated heterocycles. The van der Waals surface area contributed by atoms with Gasteiger partial charge in [0.2, 0.25) is 0 Å². The van der Waals surface area contributed by atoms with Crippen LogP contribution in [-0.4, -0.2) is 18.6 Å². The molecule has 0 spiro atoms. The number of hydrogen-bond donors (Lipinski definition) is 3. The lowest BCUT2D eigenvalue weighted by Gasteiger charge is -2.15. The van der Waals surface area contributed by atoms with E-state index >= 15 is 0 Å². The number of rotatable bonds is 2. The second kappa shape index (κ2) is 5.31. The molecule has 0 radical (unpaired) electrons. The Hall–Kier alpha value is -1.68. The molecule has 3 N–H and O–H groups in total. The Kier molecular flexibility index (Phi) is 3.77. The number of nitrogens with one attached hydrogen (secondary N) is 3. The Morgan fingerprint density at radius 3 is 3.06 bits per heavy atom. The molecule has 2 rings (SSSR count). The molecular formula is C11H10ClFN4O. The molecule has 2 unspecified atom stereocenters. The molecule has 1 aromatic rings. The summed E-state index contributed by atoms with van der Waals surface area (Å²) in [5.41, 5.74) is 5.25. The van der Waals surface area contributed by atoms with Gasteiger partial charge in [-0.2, -0.15) is 5.26 Å². The van der Waals surface area contributed by atoms with Crippen LogP contribution < -0.4 is 16.2 Å². The third kappa shape index (κ3) is 2.43. The van der Waals surface area contributed by atoms with Gasteiger partial charge in [-0.25, -0.2) is 9.82 Å². The van der Waals surface area contributed by atoms with Crippen molar-refractivity contribution in [2.75, 3.05) is 6.54 Å². The van der Waals surface area contributed by atoms with Gasteiger partial charge in [-0.1, -0.05) is 17.7 Å². The predicted molar refractivity (Wildman–Crippen MR) is 62.9 cm³/mol. The van der Waals surface area contributed by atoms with E-state index < -0.39 is 23.8 Å². The average Bonchev–Trinajstić information content (AvgIpc) is 2.76. The largest absolute Gasteiger partial charge is 0.334 e. The van der Waals surface area contributed by atoms with Crippen molar-refractivity contribution in [3.05, 3.63) is 34.6 Å². The van der Waals surface area contributed by atoms with Crippen LogP contribution in [0.3, 0.4) is 0 Å². The third-order valence-electron chi connectivity index (χ3n) is 2.62. The molecule has 0 saturated carbocycles. The van der Waals surface area contributed by atoms with Crippen molar-refractivity contribution in [2.45, 2.75) is 6.17 Å². The van der Waals surface area contributed by atoms with Gasteiger partial charge in [0.25, 0.3) is 5.91 Å². The highest BCUT2D eigenvalue weighted by Gasteiger charge is 2.29. The standard InChI is InChI=1S/C11H10ClFN4O/c12-7-2-1-3-8(13)9(7)11(18)16-10-6(4-14)5-15-17-10/h1-3,6,10,15,17H,5H2,(H,16,18). The molecule has 18 heavy (non-hydrogen) atoms. The highest BCUT2D eigenvalue weighted by molar-refractivity contribution is 6.33. The van der Waals surface area contributed by atoms with Crippen LogP contribution in [0.15, 0.2) is 18.2 Å². The number of nitrogens with zero attached hydrogens (tertiary/aromatic N) is 1. The molecule has 1 aliphatic heterocycles. The number of hydrazine groups is 1. The highest BCUT2D eigenvalue weighted by atomic mass is 35.5. The molecule has 1 amide bonds. The van der Waals surface area contributed by atoms with Crippen molar-refractivity contribution < 1.29 is 9.18 Å². The van der Waals surface area contributed by atoms with Gasteiger partial charge in [-0.15, -0.1) is 0 Å². The lowest BCUT2D eigenvalue weighted by atomic mass is 10.1. The van der Waals surface area contributed by atoms with E-state index in [0.717, 1.165) is 6.07 Å². The van der Waals surface area contributed by atoms with Crippen LogP contribution in [0.2, 0.25) is 5.02 Å². The van der Waals surface area contributed by atoms with Crippen LogP contribution in [0.4, 0.5) is 4.39 Å². The zero-order valence-corrected chi connectivity index (χ0v) is 9.96. The van der Waals surface area contributed by atoms with Gasteiger partial charge >= 0.3 is 0 Å². The van der Waals surface area contributed by atoms with Crippen molar-refractivity contribution >= 4 is 17.5 Å². The monoisotopic (exact) mass is 268 g/mol. The van der Waals surface area contributed by atoms with Gasteiger partial charge in [0.05, 0.1) is 22.6 Å². The molecule has 7 heteroatoms. The maximum atomic E-state index is 13.5. The van der Waals surface area contributed by atoms with Gasteiger partial charge in [-0.3, -0.25) is 10.2 Å². The summed E-state index contributed by atoms with van der Waals surface area (Å²) in [5.74, 6) is -1.77. The van der Waals surface area contributed by atoms with E-state index in [0.29, 0.717) is 6.54 Å². The van der Waals surface area contributed by atoms with Crippen molar-refractivity contribution in [1.29, 1.82) is 5.26 Å². The molecule has 1 heterocycles. The first kappa shape index (κ1) is 12.8. The zero-order valence-electron chi connectivity index (χ0n) is 9.21. The van der Waals surface area contributed by atoms with E-state index in [1.165, 1.54) is 12.1 Å². The smallest absolute Gasteiger partial charge is 0.257 e. The number of nitriles is 1. The minimum Gasteiger partial charge on any atom is -0.334 e. The van der Waals surface area contributed by atoms with Gasteiger partial charge in [0, 0.05) is 6.54 Å². The van der Waals surface area contributed by atoms with Gasteiger partial charge in [0.1, 0.15) is 12.0 Å². The molecule has 1 aromatic carbocycles. The summed E-state index contributed by atoms with van der Waals surface area (Å²) in [6.07, 6.45) is -0.571. The third-order valence-corrected chi connectivity index (χ3v) is 2.94. The summed E-state index contributed by atoms with van der Waals surface area (Å²) < 4.78 is 13.5. The summed E-state index contributed by atoms with van der Waals surface area (Å²) in [6.45, 7) is 0.409. The number of amides is 1. The number of hydrogen-bond acceptors (Lipinski definition) is 4. The molecule has 5 nitrogen and oxygen atoms in total. The van der Waals surface area contributed by atoms with E-state index in [1.54, 1.807) is 0 Å². The van der Waals surface area contributed by atoms with Gasteiger partial charge < -0.3 is 5.32 Å². The summed E-state index contributed by atoms with van der Waals surface area (Å²) in [5, 5.41) is 11.4. The van der Waals surface area contributed by atoms with Gasteiger partial charge in [-0.05, 0) is 12.1 Å². The quantitative estimate of drug-likeness (QED) is 0.741. The van der Waals surface area contributed by atoms with E-state index in [4.69, 9.17) is 16.9 Å². The SMILES string of the molecule is N#CC1CNNC1NC(=O)c1c(F)cccc1Cl. The van der Waals surface area contributed by atoms with Gasteiger partial charge in [0.15, 0.2) is 0 Å². The van der Waals surface area contributed by atoms with Crippen LogP contribution >= 0.6 is 11.6 Å². The van der Waals surface area contributed by atoms with Crippen LogP contribution in [0.25, 0.3) is 0 Å². The molecule has 0 bridgehead atoms. The summed E-state index contributed by atoms with van der Waals surface area (Å²) in [4.78, 5) is 11.9. The summed E-state index contributed by atoms with van der Waals surface area (Å²) >= 11 is 5.78. The van der Waals surface area contributed by atoms with Crippen molar-refractivity contribution in [3.8, 4) is 6.07 Å². The predicted octanol–water partition coefficient (Wildman–Crippen LogP) is 0.783. The Balaban J connectivity index is 2.16. The molecule has 2 atom stereocenters. The van der Waals surface area contributed by atoms with Crippen LogP contribution in [0.1, 0.15) is 10.4 Å². The Morgan fingerprint density at radius 1 is 1.61 bits per heavy atom. The fraction of sp³-hybridized carbons (Fsp3) is 0.273. The molecule has 94 valence electrons. The molecule has 1 fully saturated rings. The van der Waals surface area contributed by atoms with E-state index in [2.05, 4.69) is 16.2 Å². The zero-order chi connectivity index (χ0) is 13.1. The van der Waals surface area contributed by atoms with E-state index in [-0.39, 0.29) is 10.6 Å². The van der Waals surface area contributed by atoms with Crippen LogP contribution in [0.5, 0.6) is 0 Å². The Bertz CT molecular complexity index is 496. The minimum absolute atomic E-state index is 0.0342. The maximum absolute atomic E-state index is 13.5. The Labute approximate surface area is 108 Å². The lowest BCUT2D eigenvalue weighted by Crippen LogP contribution is -2.47. The maximum Gasteiger partial charge on any atom is 0.257 e. The number of halogens is 2. The van der Waals surface area contributed by atoms with E-state index in [1.807, 2.05) is 6.07 Å². The molecule has 0 aromatic heterocycles. The fourth-order valence-electron chi connectivity index (χ4n) is 1.68. The number of benzene rings is 1. The fourth-order valence-corrected chi connectivity index (χ4v) is 1.93. The summed E-state index contributed by atoms with van der Waals surface area (Å²) in [7, 11) is 0. The average molecular weight is 269 g/mol. The first-order valence-corrected chi connectivity index (χ1v) is 5.64. The van der Waals surface area contributed by atoms with Crippen molar-refractivity contribution in [2.24, 2.45) is 5.92 Å². The Morgan fingerprint density at radius 2 is 2.39 bits per heavy atom. The molecule has 1 aliphatic rings. The number of carbonyl (C=O) groups excluding carboxylic acids is 1. The topological polar surface area (TPSA) is 77.0 Å². The molecular weight excluding hydrogens is 259 g/mol. The highest BCUT2D eigenvalue weighted by Crippen LogP contribution is 2.19. The van der Waals surface area contributed by atoms with Crippen molar-refractivity contribution in [1.82, 2.24) is 16.2 Å². The second-order valence-corrected chi connectivity index (χ2v) is 4.22. The molecule has 0 aliphatic carbocycles. The minimum atomic E-state index is -0.695. The number of carbonyl (C=O) groups is 1. The van der Waals surface area contributed by atoms with E-state index in [9.17, 15) is 9.18 Å².